The van der Waals surface area contributed by atoms with Crippen molar-refractivity contribution in [2.75, 3.05) is 6.61 Å². The summed E-state index contributed by atoms with van der Waals surface area (Å²) in [4.78, 5) is 31.4. The number of fused-ring (bicyclic) bond motifs is 1. The van der Waals surface area contributed by atoms with Crippen LogP contribution in [0.1, 0.15) is 24.1 Å². The third kappa shape index (κ3) is 4.04. The molecule has 7 heteroatoms. The van der Waals surface area contributed by atoms with Crippen LogP contribution >= 0.6 is 22.9 Å². The Kier molecular flexibility index (Phi) is 6.02. The molecule has 2 heterocycles. The minimum atomic E-state index is -0.636. The van der Waals surface area contributed by atoms with Gasteiger partial charge in [-0.1, -0.05) is 84.1 Å². The van der Waals surface area contributed by atoms with Gasteiger partial charge in [0.05, 0.1) is 21.8 Å². The zero-order chi connectivity index (χ0) is 22.0. The van der Waals surface area contributed by atoms with Gasteiger partial charge < -0.3 is 4.74 Å². The van der Waals surface area contributed by atoms with Gasteiger partial charge in [-0.25, -0.2) is 9.79 Å². The highest BCUT2D eigenvalue weighted by Gasteiger charge is 2.33. The zero-order valence-electron chi connectivity index (χ0n) is 16.7. The van der Waals surface area contributed by atoms with Crippen LogP contribution in [-0.2, 0) is 9.53 Å². The minimum Gasteiger partial charge on any atom is -0.458 e. The quantitative estimate of drug-likeness (QED) is 0.440. The Labute approximate surface area is 187 Å². The fraction of sp³-hybridized carbons (Fsp3) is 0.125. The van der Waals surface area contributed by atoms with Crippen molar-refractivity contribution in [2.45, 2.75) is 13.0 Å². The molecule has 3 aromatic rings. The highest BCUT2D eigenvalue weighted by atomic mass is 35.5. The summed E-state index contributed by atoms with van der Waals surface area (Å²) >= 11 is 7.54. The summed E-state index contributed by atoms with van der Waals surface area (Å²) in [6, 6.07) is 16.1. The van der Waals surface area contributed by atoms with E-state index >= 15 is 0 Å². The van der Waals surface area contributed by atoms with Crippen LogP contribution < -0.4 is 14.9 Å². The molecule has 156 valence electrons. The number of hydrogen-bond donors (Lipinski definition) is 0. The van der Waals surface area contributed by atoms with E-state index in [9.17, 15) is 9.59 Å². The molecule has 31 heavy (non-hydrogen) atoms. The number of benzene rings is 2. The molecule has 1 unspecified atom stereocenters. The SMILES string of the molecule is C=CCOC(=O)C1=C(C)N=c2s/c(=C/c3ccccc3Cl)c(=O)n2C1c1ccccc1. The number of hydrogen-bond acceptors (Lipinski definition) is 5. The number of rotatable bonds is 5. The molecule has 0 N–H and O–H groups in total. The second-order valence-corrected chi connectivity index (χ2v) is 8.32. The van der Waals surface area contributed by atoms with E-state index in [1.54, 1.807) is 23.6 Å². The molecule has 0 bridgehead atoms. The number of carbonyl (C=O) groups excluding carboxylic acids is 1. The van der Waals surface area contributed by atoms with Gasteiger partial charge in [0.2, 0.25) is 0 Å². The second kappa shape index (κ2) is 8.88. The first-order valence-electron chi connectivity index (χ1n) is 9.61. The van der Waals surface area contributed by atoms with Crippen molar-refractivity contribution in [2.24, 2.45) is 4.99 Å². The molecule has 2 aromatic carbocycles. The average molecular weight is 451 g/mol. The summed E-state index contributed by atoms with van der Waals surface area (Å²) in [5, 5.41) is 0.554. The lowest BCUT2D eigenvalue weighted by atomic mass is 9.96. The summed E-state index contributed by atoms with van der Waals surface area (Å²) in [5.74, 6) is -0.518. The monoisotopic (exact) mass is 450 g/mol. The maximum Gasteiger partial charge on any atom is 0.338 e. The van der Waals surface area contributed by atoms with Crippen LogP contribution in [0.4, 0.5) is 0 Å². The van der Waals surface area contributed by atoms with Gasteiger partial charge in [-0.3, -0.25) is 9.36 Å². The molecule has 0 saturated heterocycles. The molecular formula is C24H19ClN2O3S. The molecule has 1 aliphatic rings. The number of thiazole rings is 1. The Morgan fingerprint density at radius 3 is 2.65 bits per heavy atom. The minimum absolute atomic E-state index is 0.0774. The third-order valence-electron chi connectivity index (χ3n) is 4.88. The molecule has 0 radical (unpaired) electrons. The average Bonchev–Trinajstić information content (AvgIpc) is 3.08. The van der Waals surface area contributed by atoms with Gasteiger partial charge in [-0.2, -0.15) is 0 Å². The Morgan fingerprint density at radius 2 is 1.94 bits per heavy atom. The Morgan fingerprint density at radius 1 is 1.23 bits per heavy atom. The van der Waals surface area contributed by atoms with Crippen molar-refractivity contribution < 1.29 is 9.53 Å². The predicted octanol–water partition coefficient (Wildman–Crippen LogP) is 3.62. The van der Waals surface area contributed by atoms with E-state index in [0.29, 0.717) is 25.6 Å². The Balaban J connectivity index is 1.95. The molecular weight excluding hydrogens is 432 g/mol. The van der Waals surface area contributed by atoms with Crippen molar-refractivity contribution in [1.82, 2.24) is 4.57 Å². The van der Waals surface area contributed by atoms with E-state index in [4.69, 9.17) is 16.3 Å². The number of aromatic nitrogens is 1. The largest absolute Gasteiger partial charge is 0.458 e. The van der Waals surface area contributed by atoms with Crippen LogP contribution in [0, 0.1) is 0 Å². The molecule has 0 spiro atoms. The molecule has 1 aromatic heterocycles. The van der Waals surface area contributed by atoms with Crippen LogP contribution in [0.2, 0.25) is 5.02 Å². The predicted molar refractivity (Wildman–Crippen MR) is 123 cm³/mol. The number of halogens is 1. The standard InChI is InChI=1S/C24H19ClN2O3S/c1-3-13-30-23(29)20-15(2)26-24-27(21(20)16-9-5-4-6-10-16)22(28)19(31-24)14-17-11-7-8-12-18(17)25/h3-12,14,21H,1,13H2,2H3/b19-14+. The van der Waals surface area contributed by atoms with Gasteiger partial charge in [0.15, 0.2) is 4.80 Å². The molecule has 5 nitrogen and oxygen atoms in total. The number of carbonyl (C=O) groups is 1. The summed E-state index contributed by atoms with van der Waals surface area (Å²) in [6.07, 6.45) is 3.26. The lowest BCUT2D eigenvalue weighted by Gasteiger charge is -2.24. The van der Waals surface area contributed by atoms with Gasteiger partial charge >= 0.3 is 5.97 Å². The summed E-state index contributed by atoms with van der Waals surface area (Å²) in [7, 11) is 0. The molecule has 4 rings (SSSR count). The van der Waals surface area contributed by atoms with Crippen LogP contribution in [-0.4, -0.2) is 17.1 Å². The van der Waals surface area contributed by atoms with E-state index in [0.717, 1.165) is 11.1 Å². The van der Waals surface area contributed by atoms with Crippen LogP contribution in [0.25, 0.3) is 6.08 Å². The first-order valence-corrected chi connectivity index (χ1v) is 10.8. The molecule has 1 atom stereocenters. The van der Waals surface area contributed by atoms with Crippen molar-refractivity contribution in [1.29, 1.82) is 0 Å². The van der Waals surface area contributed by atoms with Gasteiger partial charge in [0.1, 0.15) is 6.61 Å². The lowest BCUT2D eigenvalue weighted by molar-refractivity contribution is -0.138. The zero-order valence-corrected chi connectivity index (χ0v) is 18.3. The lowest BCUT2D eigenvalue weighted by Crippen LogP contribution is -2.39. The van der Waals surface area contributed by atoms with Gasteiger partial charge in [-0.05, 0) is 30.2 Å². The second-order valence-electron chi connectivity index (χ2n) is 6.90. The smallest absolute Gasteiger partial charge is 0.338 e. The van der Waals surface area contributed by atoms with Crippen molar-refractivity contribution in [3.8, 4) is 0 Å². The van der Waals surface area contributed by atoms with Gasteiger partial charge in [0, 0.05) is 5.02 Å². The summed E-state index contributed by atoms with van der Waals surface area (Å²) in [6.45, 7) is 5.42. The fourth-order valence-electron chi connectivity index (χ4n) is 3.48. The van der Waals surface area contributed by atoms with Crippen molar-refractivity contribution in [3.63, 3.8) is 0 Å². The third-order valence-corrected chi connectivity index (χ3v) is 6.21. The van der Waals surface area contributed by atoms with Crippen molar-refractivity contribution >= 4 is 35.0 Å². The normalized spacial score (nSPS) is 15.9. The number of ether oxygens (including phenoxy) is 1. The highest BCUT2D eigenvalue weighted by molar-refractivity contribution is 7.07. The van der Waals surface area contributed by atoms with Gasteiger partial charge in [0.25, 0.3) is 5.56 Å². The first-order chi connectivity index (χ1) is 15.0. The van der Waals surface area contributed by atoms with Crippen LogP contribution in [0.3, 0.4) is 0 Å². The van der Waals surface area contributed by atoms with E-state index in [-0.39, 0.29) is 12.2 Å². The maximum absolute atomic E-state index is 13.5. The molecule has 0 saturated carbocycles. The van der Waals surface area contributed by atoms with E-state index in [2.05, 4.69) is 11.6 Å². The first kappa shape index (κ1) is 21.0. The molecule has 0 aliphatic carbocycles. The molecule has 1 aliphatic heterocycles. The highest BCUT2D eigenvalue weighted by Crippen LogP contribution is 2.30. The number of allylic oxidation sites excluding steroid dienone is 1. The number of nitrogens with zero attached hydrogens (tertiary/aromatic N) is 2. The Bertz CT molecular complexity index is 1370. The van der Waals surface area contributed by atoms with Gasteiger partial charge in [-0.15, -0.1) is 0 Å². The summed E-state index contributed by atoms with van der Waals surface area (Å²) in [5.41, 5.74) is 2.16. The molecule has 0 amide bonds. The van der Waals surface area contributed by atoms with Crippen molar-refractivity contribution in [3.05, 3.63) is 114 Å². The van der Waals surface area contributed by atoms with Crippen LogP contribution in [0.15, 0.2) is 88.3 Å². The number of esters is 1. The Hall–Kier alpha value is -3.22. The molecule has 0 fully saturated rings. The maximum atomic E-state index is 13.5. The van der Waals surface area contributed by atoms with Crippen LogP contribution in [0.5, 0.6) is 0 Å². The van der Waals surface area contributed by atoms with E-state index < -0.39 is 12.0 Å². The van der Waals surface area contributed by atoms with E-state index in [1.165, 1.54) is 17.4 Å². The fourth-order valence-corrected chi connectivity index (χ4v) is 4.71. The topological polar surface area (TPSA) is 60.7 Å². The van der Waals surface area contributed by atoms with E-state index in [1.807, 2.05) is 48.5 Å². The summed E-state index contributed by atoms with van der Waals surface area (Å²) < 4.78 is 7.36.